The minimum Gasteiger partial charge on any atom is -0.354 e. The van der Waals surface area contributed by atoms with Crippen LogP contribution in [0.4, 0.5) is 0 Å². The molecule has 3 N–H and O–H groups in total. The maximum atomic E-state index is 12.2. The lowest BCUT2D eigenvalue weighted by molar-refractivity contribution is -0.122. The maximum absolute atomic E-state index is 12.2. The van der Waals surface area contributed by atoms with Crippen LogP contribution in [0.15, 0.2) is 18.2 Å². The van der Waals surface area contributed by atoms with Gasteiger partial charge in [0.05, 0.1) is 15.6 Å². The third-order valence-corrected chi connectivity index (χ3v) is 4.77. The number of benzene rings is 1. The fourth-order valence-corrected chi connectivity index (χ4v) is 2.92. The van der Waals surface area contributed by atoms with Gasteiger partial charge in [0.25, 0.3) is 5.91 Å². The van der Waals surface area contributed by atoms with E-state index in [1.807, 2.05) is 0 Å². The predicted octanol–water partition coefficient (Wildman–Crippen LogP) is 2.65. The van der Waals surface area contributed by atoms with Crippen molar-refractivity contribution in [3.63, 3.8) is 0 Å². The van der Waals surface area contributed by atoms with Crippen LogP contribution in [0, 0.1) is 5.92 Å². The van der Waals surface area contributed by atoms with Gasteiger partial charge >= 0.3 is 0 Å². The normalized spacial score (nSPS) is 17.7. The van der Waals surface area contributed by atoms with Crippen molar-refractivity contribution in [2.45, 2.75) is 25.8 Å². The molecule has 1 aromatic rings. The van der Waals surface area contributed by atoms with E-state index in [0.29, 0.717) is 17.5 Å². The molecule has 1 aliphatic rings. The molecule has 1 saturated heterocycles. The molecule has 1 aromatic carbocycles. The van der Waals surface area contributed by atoms with E-state index in [2.05, 4.69) is 16.0 Å². The third-order valence-electron chi connectivity index (χ3n) is 3.95. The number of halogens is 3. The Morgan fingerprint density at radius 3 is 2.79 bits per heavy atom. The van der Waals surface area contributed by atoms with Crippen molar-refractivity contribution in [1.29, 1.82) is 0 Å². The average molecular weight is 395 g/mol. The zero-order chi connectivity index (χ0) is 16.8. The van der Waals surface area contributed by atoms with E-state index in [-0.39, 0.29) is 28.9 Å². The van der Waals surface area contributed by atoms with Gasteiger partial charge in [-0.15, -0.1) is 12.4 Å². The van der Waals surface area contributed by atoms with Crippen molar-refractivity contribution in [3.05, 3.63) is 33.8 Å². The number of carbonyl (C=O) groups excluding carboxylic acids is 2. The molecule has 2 amide bonds. The number of hydrogen-bond acceptors (Lipinski definition) is 3. The molecular weight excluding hydrogens is 373 g/mol. The summed E-state index contributed by atoms with van der Waals surface area (Å²) in [6.07, 6.45) is 2.09. The van der Waals surface area contributed by atoms with Gasteiger partial charge in [-0.1, -0.05) is 29.3 Å². The van der Waals surface area contributed by atoms with Gasteiger partial charge in [0.15, 0.2) is 0 Å². The number of hydrogen-bond donors (Lipinski definition) is 3. The van der Waals surface area contributed by atoms with Crippen LogP contribution in [0.5, 0.6) is 0 Å². The minimum absolute atomic E-state index is 0. The molecule has 0 radical (unpaired) electrons. The Labute approximate surface area is 158 Å². The summed E-state index contributed by atoms with van der Waals surface area (Å²) in [5, 5.41) is 9.28. The highest BCUT2D eigenvalue weighted by molar-refractivity contribution is 6.43. The topological polar surface area (TPSA) is 70.2 Å². The van der Waals surface area contributed by atoms with Crippen LogP contribution < -0.4 is 16.0 Å². The number of carbonyl (C=O) groups is 2. The van der Waals surface area contributed by atoms with Crippen LogP contribution in [-0.4, -0.2) is 37.5 Å². The second-order valence-electron chi connectivity index (χ2n) is 5.74. The molecular formula is C16H22Cl3N3O2. The number of rotatable bonds is 6. The molecule has 1 fully saturated rings. The lowest BCUT2D eigenvalue weighted by Gasteiger charge is -2.16. The zero-order valence-corrected chi connectivity index (χ0v) is 15.7. The fourth-order valence-electron chi connectivity index (χ4n) is 2.53. The Balaban J connectivity index is 0.00000288. The summed E-state index contributed by atoms with van der Waals surface area (Å²) < 4.78 is 0. The highest BCUT2D eigenvalue weighted by Gasteiger charge is 2.20. The first-order valence-electron chi connectivity index (χ1n) is 7.72. The van der Waals surface area contributed by atoms with Crippen molar-refractivity contribution in [2.24, 2.45) is 5.92 Å². The zero-order valence-electron chi connectivity index (χ0n) is 13.4. The van der Waals surface area contributed by atoms with Crippen molar-refractivity contribution in [2.75, 3.05) is 19.6 Å². The highest BCUT2D eigenvalue weighted by Crippen LogP contribution is 2.25. The molecule has 134 valence electrons. The Morgan fingerprint density at radius 2 is 2.12 bits per heavy atom. The van der Waals surface area contributed by atoms with Gasteiger partial charge in [0, 0.05) is 6.54 Å². The molecule has 0 aromatic heterocycles. The lowest BCUT2D eigenvalue weighted by Crippen LogP contribution is -2.45. The average Bonchev–Trinajstić information content (AvgIpc) is 3.03. The predicted molar refractivity (Wildman–Crippen MR) is 99.2 cm³/mol. The Bertz CT molecular complexity index is 578. The second-order valence-corrected chi connectivity index (χ2v) is 6.52. The lowest BCUT2D eigenvalue weighted by atomic mass is 10.1. The van der Waals surface area contributed by atoms with E-state index in [9.17, 15) is 9.59 Å². The first kappa shape index (κ1) is 21.0. The van der Waals surface area contributed by atoms with Crippen molar-refractivity contribution in [1.82, 2.24) is 16.0 Å². The largest absolute Gasteiger partial charge is 0.354 e. The molecule has 5 nitrogen and oxygen atoms in total. The van der Waals surface area contributed by atoms with Gasteiger partial charge in [0.1, 0.15) is 6.04 Å². The fraction of sp³-hybridized carbons (Fsp3) is 0.500. The van der Waals surface area contributed by atoms with E-state index >= 15 is 0 Å². The summed E-state index contributed by atoms with van der Waals surface area (Å²) in [4.78, 5) is 24.2. The standard InChI is InChI=1S/C16H21Cl2N3O2.ClH/c1-10(15(22)20-8-6-11-5-7-19-9-11)21-16(23)12-3-2-4-13(17)14(12)18;/h2-4,10-11,19H,5-9H2,1H3,(H,20,22)(H,21,23);1H. The molecule has 1 aliphatic heterocycles. The molecule has 0 saturated carbocycles. The molecule has 24 heavy (non-hydrogen) atoms. The molecule has 2 atom stereocenters. The summed E-state index contributed by atoms with van der Waals surface area (Å²) in [6.45, 7) is 4.31. The van der Waals surface area contributed by atoms with Gasteiger partial charge in [-0.3, -0.25) is 9.59 Å². The molecule has 1 heterocycles. The summed E-state index contributed by atoms with van der Waals surface area (Å²) in [6, 6.07) is 4.18. The van der Waals surface area contributed by atoms with Crippen LogP contribution in [0.3, 0.4) is 0 Å². The van der Waals surface area contributed by atoms with Gasteiger partial charge < -0.3 is 16.0 Å². The van der Waals surface area contributed by atoms with Crippen LogP contribution in [0.25, 0.3) is 0 Å². The summed E-state index contributed by atoms with van der Waals surface area (Å²) in [5.74, 6) is -0.00642. The van der Waals surface area contributed by atoms with Gasteiger partial charge in [-0.05, 0) is 50.9 Å². The quantitative estimate of drug-likeness (QED) is 0.694. The Kier molecular flexibility index (Phi) is 8.84. The SMILES string of the molecule is CC(NC(=O)c1cccc(Cl)c1Cl)C(=O)NCCC1CCNC1.Cl. The van der Waals surface area contributed by atoms with E-state index in [4.69, 9.17) is 23.2 Å². The number of nitrogens with one attached hydrogen (secondary N) is 3. The molecule has 8 heteroatoms. The van der Waals surface area contributed by atoms with Gasteiger partial charge in [-0.2, -0.15) is 0 Å². The maximum Gasteiger partial charge on any atom is 0.253 e. The number of amides is 2. The summed E-state index contributed by atoms with van der Waals surface area (Å²) in [7, 11) is 0. The molecule has 0 spiro atoms. The Hall–Kier alpha value is -1.01. The van der Waals surface area contributed by atoms with Crippen molar-refractivity contribution in [3.8, 4) is 0 Å². The van der Waals surface area contributed by atoms with Crippen LogP contribution in [-0.2, 0) is 4.79 Å². The van der Waals surface area contributed by atoms with Crippen LogP contribution in [0.2, 0.25) is 10.0 Å². The van der Waals surface area contributed by atoms with Gasteiger partial charge in [0.2, 0.25) is 5.91 Å². The van der Waals surface area contributed by atoms with Crippen molar-refractivity contribution < 1.29 is 9.59 Å². The smallest absolute Gasteiger partial charge is 0.253 e. The van der Waals surface area contributed by atoms with Crippen LogP contribution in [0.1, 0.15) is 30.1 Å². The molecule has 0 bridgehead atoms. The van der Waals surface area contributed by atoms with Gasteiger partial charge in [-0.25, -0.2) is 0 Å². The monoisotopic (exact) mass is 393 g/mol. The van der Waals surface area contributed by atoms with Crippen molar-refractivity contribution >= 4 is 47.4 Å². The third kappa shape index (κ3) is 5.81. The summed E-state index contributed by atoms with van der Waals surface area (Å²) >= 11 is 11.9. The molecule has 2 rings (SSSR count). The van der Waals surface area contributed by atoms with E-state index in [1.54, 1.807) is 25.1 Å². The van der Waals surface area contributed by atoms with E-state index < -0.39 is 11.9 Å². The summed E-state index contributed by atoms with van der Waals surface area (Å²) in [5.41, 5.74) is 0.260. The van der Waals surface area contributed by atoms with E-state index in [0.717, 1.165) is 25.9 Å². The van der Waals surface area contributed by atoms with E-state index in [1.165, 1.54) is 0 Å². The first-order valence-corrected chi connectivity index (χ1v) is 8.48. The second kappa shape index (κ2) is 10.1. The molecule has 0 aliphatic carbocycles. The highest BCUT2D eigenvalue weighted by atomic mass is 35.5. The minimum atomic E-state index is -0.640. The Morgan fingerprint density at radius 1 is 1.38 bits per heavy atom. The first-order chi connectivity index (χ1) is 11.0. The van der Waals surface area contributed by atoms with Crippen LogP contribution >= 0.6 is 35.6 Å². The molecule has 2 unspecified atom stereocenters.